The lowest BCUT2D eigenvalue weighted by Crippen LogP contribution is -2.36. The van der Waals surface area contributed by atoms with Gasteiger partial charge in [0, 0.05) is 30.4 Å². The summed E-state index contributed by atoms with van der Waals surface area (Å²) in [6, 6.07) is 8.57. The molecule has 3 nitrogen and oxygen atoms in total. The van der Waals surface area contributed by atoms with Crippen molar-refractivity contribution in [2.24, 2.45) is 0 Å². The van der Waals surface area contributed by atoms with Crippen LogP contribution in [0, 0.1) is 0 Å². The maximum Gasteiger partial charge on any atom is 0.0998 e. The third-order valence-electron chi connectivity index (χ3n) is 3.57. The lowest BCUT2D eigenvalue weighted by molar-refractivity contribution is 0.0581. The van der Waals surface area contributed by atoms with Crippen molar-refractivity contribution in [1.29, 1.82) is 0 Å². The smallest absolute Gasteiger partial charge is 0.0998 e. The molecule has 1 aliphatic carbocycles. The molecule has 3 rings (SSSR count). The number of fused-ring (bicyclic) bond motifs is 1. The van der Waals surface area contributed by atoms with Crippen molar-refractivity contribution in [3.8, 4) is 0 Å². The molecule has 1 unspecified atom stereocenters. The van der Waals surface area contributed by atoms with Crippen molar-refractivity contribution in [3.05, 3.63) is 42.2 Å². The Morgan fingerprint density at radius 3 is 3.00 bits per heavy atom. The Kier molecular flexibility index (Phi) is 2.80. The van der Waals surface area contributed by atoms with E-state index in [2.05, 4.69) is 10.3 Å². The normalized spacial score (nSPS) is 18.8. The summed E-state index contributed by atoms with van der Waals surface area (Å²) >= 11 is 0. The lowest BCUT2D eigenvalue weighted by atomic mass is 9.91. The molecular formula is C15H18N2O. The van der Waals surface area contributed by atoms with Crippen LogP contribution in [-0.4, -0.2) is 22.7 Å². The second-order valence-electron chi connectivity index (χ2n) is 5.33. The largest absolute Gasteiger partial charge is 0.384 e. The number of nitrogens with one attached hydrogen (secondary N) is 1. The van der Waals surface area contributed by atoms with E-state index in [4.69, 9.17) is 0 Å². The van der Waals surface area contributed by atoms with Crippen LogP contribution in [0.4, 0.5) is 0 Å². The third-order valence-corrected chi connectivity index (χ3v) is 3.57. The minimum absolute atomic E-state index is 0.596. The molecule has 1 saturated carbocycles. The Labute approximate surface area is 107 Å². The van der Waals surface area contributed by atoms with Crippen molar-refractivity contribution in [1.82, 2.24) is 10.3 Å². The highest BCUT2D eigenvalue weighted by Gasteiger charge is 2.29. The molecular weight excluding hydrogens is 224 g/mol. The van der Waals surface area contributed by atoms with Crippen LogP contribution in [0.15, 0.2) is 36.7 Å². The van der Waals surface area contributed by atoms with E-state index in [0.29, 0.717) is 12.6 Å². The third kappa shape index (κ3) is 2.24. The zero-order valence-corrected chi connectivity index (χ0v) is 10.6. The van der Waals surface area contributed by atoms with E-state index in [1.807, 2.05) is 37.4 Å². The molecule has 0 saturated heterocycles. The van der Waals surface area contributed by atoms with E-state index in [-0.39, 0.29) is 0 Å². The Morgan fingerprint density at radius 2 is 2.22 bits per heavy atom. The monoisotopic (exact) mass is 242 g/mol. The molecule has 1 heterocycles. The second kappa shape index (κ2) is 4.34. The van der Waals surface area contributed by atoms with E-state index in [0.717, 1.165) is 16.3 Å². The Balaban J connectivity index is 1.95. The Hall–Kier alpha value is -1.45. The quantitative estimate of drug-likeness (QED) is 0.864. The van der Waals surface area contributed by atoms with Gasteiger partial charge in [0.2, 0.25) is 0 Å². The number of pyridine rings is 1. The fourth-order valence-corrected chi connectivity index (χ4v) is 2.32. The van der Waals surface area contributed by atoms with Gasteiger partial charge < -0.3 is 10.4 Å². The number of nitrogens with zero attached hydrogens (tertiary/aromatic N) is 1. The number of benzene rings is 1. The van der Waals surface area contributed by atoms with Gasteiger partial charge in [0.05, 0.1) is 5.60 Å². The minimum Gasteiger partial charge on any atom is -0.384 e. The fraction of sp³-hybridized carbons (Fsp3) is 0.400. The second-order valence-corrected chi connectivity index (χ2v) is 5.33. The topological polar surface area (TPSA) is 45.1 Å². The maximum absolute atomic E-state index is 10.7. The molecule has 18 heavy (non-hydrogen) atoms. The molecule has 0 amide bonds. The molecule has 94 valence electrons. The molecule has 2 aromatic rings. The highest BCUT2D eigenvalue weighted by molar-refractivity contribution is 5.85. The first kappa shape index (κ1) is 11.6. The number of aromatic nitrogens is 1. The molecule has 0 spiro atoms. The number of rotatable bonds is 4. The van der Waals surface area contributed by atoms with Gasteiger partial charge in [-0.1, -0.05) is 18.2 Å². The van der Waals surface area contributed by atoms with Gasteiger partial charge in [0.15, 0.2) is 0 Å². The molecule has 1 atom stereocenters. The van der Waals surface area contributed by atoms with E-state index in [9.17, 15) is 5.11 Å². The van der Waals surface area contributed by atoms with Crippen LogP contribution in [0.2, 0.25) is 0 Å². The average Bonchev–Trinajstić information content (AvgIpc) is 3.20. The number of hydrogen-bond acceptors (Lipinski definition) is 3. The molecule has 2 N–H and O–H groups in total. The van der Waals surface area contributed by atoms with Crippen molar-refractivity contribution in [2.75, 3.05) is 6.54 Å². The van der Waals surface area contributed by atoms with Gasteiger partial charge in [-0.3, -0.25) is 4.98 Å². The molecule has 1 fully saturated rings. The summed E-state index contributed by atoms with van der Waals surface area (Å²) in [5, 5.41) is 16.2. The molecule has 1 aliphatic rings. The van der Waals surface area contributed by atoms with Crippen LogP contribution < -0.4 is 5.32 Å². The van der Waals surface area contributed by atoms with E-state index >= 15 is 0 Å². The van der Waals surface area contributed by atoms with E-state index < -0.39 is 5.60 Å². The maximum atomic E-state index is 10.7. The van der Waals surface area contributed by atoms with Crippen molar-refractivity contribution in [2.45, 2.75) is 31.4 Å². The summed E-state index contributed by atoms with van der Waals surface area (Å²) < 4.78 is 0. The molecule has 3 heteroatoms. The Bertz CT molecular complexity index is 556. The predicted octanol–water partition coefficient (Wildman–Crippen LogP) is 2.19. The van der Waals surface area contributed by atoms with Crippen LogP contribution >= 0.6 is 0 Å². The molecule has 0 aliphatic heterocycles. The van der Waals surface area contributed by atoms with Crippen LogP contribution in [0.3, 0.4) is 0 Å². The summed E-state index contributed by atoms with van der Waals surface area (Å²) in [7, 11) is 0. The first-order valence-electron chi connectivity index (χ1n) is 6.46. The zero-order valence-electron chi connectivity index (χ0n) is 10.6. The first-order chi connectivity index (χ1) is 8.67. The lowest BCUT2D eigenvalue weighted by Gasteiger charge is -2.26. The van der Waals surface area contributed by atoms with Gasteiger partial charge in [0.1, 0.15) is 0 Å². The predicted molar refractivity (Wildman–Crippen MR) is 72.3 cm³/mol. The van der Waals surface area contributed by atoms with Gasteiger partial charge in [-0.25, -0.2) is 0 Å². The van der Waals surface area contributed by atoms with Crippen LogP contribution in [0.25, 0.3) is 10.8 Å². The van der Waals surface area contributed by atoms with E-state index in [1.165, 1.54) is 12.8 Å². The van der Waals surface area contributed by atoms with Crippen molar-refractivity contribution < 1.29 is 5.11 Å². The highest BCUT2D eigenvalue weighted by Crippen LogP contribution is 2.29. The molecule has 0 bridgehead atoms. The number of aliphatic hydroxyl groups is 1. The molecule has 1 aromatic carbocycles. The standard InChI is InChI=1S/C15H18N2O/c1-15(18,10-17-12-5-6-12)14-4-2-3-11-9-16-8-7-13(11)14/h2-4,7-9,12,17-18H,5-6,10H2,1H3. The zero-order chi connectivity index (χ0) is 12.6. The Morgan fingerprint density at radius 1 is 1.39 bits per heavy atom. The van der Waals surface area contributed by atoms with Crippen LogP contribution in [0.5, 0.6) is 0 Å². The van der Waals surface area contributed by atoms with Crippen molar-refractivity contribution >= 4 is 10.8 Å². The summed E-state index contributed by atoms with van der Waals surface area (Å²) in [5.74, 6) is 0. The SMILES string of the molecule is CC(O)(CNC1CC1)c1cccc2cnccc12. The average molecular weight is 242 g/mol. The van der Waals surface area contributed by atoms with Gasteiger partial charge in [-0.2, -0.15) is 0 Å². The highest BCUT2D eigenvalue weighted by atomic mass is 16.3. The summed E-state index contributed by atoms with van der Waals surface area (Å²) in [5.41, 5.74) is 0.124. The fourth-order valence-electron chi connectivity index (χ4n) is 2.32. The molecule has 0 radical (unpaired) electrons. The first-order valence-corrected chi connectivity index (χ1v) is 6.46. The van der Waals surface area contributed by atoms with Gasteiger partial charge in [-0.05, 0) is 36.8 Å². The number of hydrogen-bond donors (Lipinski definition) is 2. The summed E-state index contributed by atoms with van der Waals surface area (Å²) in [4.78, 5) is 4.12. The molecule has 1 aromatic heterocycles. The van der Waals surface area contributed by atoms with Crippen molar-refractivity contribution in [3.63, 3.8) is 0 Å². The minimum atomic E-state index is -0.844. The van der Waals surface area contributed by atoms with Crippen LogP contribution in [-0.2, 0) is 5.60 Å². The van der Waals surface area contributed by atoms with Gasteiger partial charge in [0.25, 0.3) is 0 Å². The summed E-state index contributed by atoms with van der Waals surface area (Å²) in [6.07, 6.45) is 6.07. The van der Waals surface area contributed by atoms with Crippen LogP contribution in [0.1, 0.15) is 25.3 Å². The van der Waals surface area contributed by atoms with Gasteiger partial charge in [-0.15, -0.1) is 0 Å². The van der Waals surface area contributed by atoms with E-state index in [1.54, 1.807) is 6.20 Å². The summed E-state index contributed by atoms with van der Waals surface area (Å²) in [6.45, 7) is 2.47. The van der Waals surface area contributed by atoms with Gasteiger partial charge >= 0.3 is 0 Å².